The first-order chi connectivity index (χ1) is 30.0. The molecule has 16 nitrogen and oxygen atoms in total. The summed E-state index contributed by atoms with van der Waals surface area (Å²) in [6.45, 7) is 12.4. The second-order valence-electron chi connectivity index (χ2n) is 17.6. The molecule has 16 heteroatoms. The van der Waals surface area contributed by atoms with Crippen molar-refractivity contribution in [1.29, 1.82) is 0 Å². The molecule has 3 aromatic rings. The highest BCUT2D eigenvalue weighted by molar-refractivity contribution is 5.95. The number of fused-ring (bicyclic) bond motifs is 1. The molecular weight excluding hydrogens is 817 g/mol. The van der Waals surface area contributed by atoms with Crippen LogP contribution in [0, 0.1) is 10.8 Å². The number of nitrogens with one attached hydrogen (secondary N) is 1. The van der Waals surface area contributed by atoms with E-state index in [1.54, 1.807) is 41.5 Å². The first kappa shape index (κ1) is 47.4. The van der Waals surface area contributed by atoms with Crippen LogP contribution in [0.5, 0.6) is 0 Å². The van der Waals surface area contributed by atoms with Crippen molar-refractivity contribution in [3.8, 4) is 0 Å². The number of hydrogen-bond donors (Lipinski definition) is 1. The van der Waals surface area contributed by atoms with Gasteiger partial charge in [0.15, 0.2) is 24.4 Å². The zero-order valence-electron chi connectivity index (χ0n) is 36.9. The summed E-state index contributed by atoms with van der Waals surface area (Å²) in [5.41, 5.74) is 0.183. The Morgan fingerprint density at radius 3 is 1.89 bits per heavy atom. The van der Waals surface area contributed by atoms with Gasteiger partial charge in [0.05, 0.1) is 30.7 Å². The SMILES string of the molecule is CC(=O)N[C@H]1[C@@H](OCc2ccccc2)O[C@H](COC(C)=O)[C@@H](O[C@@H]2O[C@@H]3CO[C@@H](c4ccccc4)O[C@H]3[C@H](OC(=O)C(C)(C)C)/C2=N/OC(=O)C(C)(C)C)[C@@H]1OCc1ccccc1. The van der Waals surface area contributed by atoms with Crippen LogP contribution in [0.4, 0.5) is 0 Å². The number of carbonyl (C=O) groups is 4. The summed E-state index contributed by atoms with van der Waals surface area (Å²) in [6, 6.07) is 26.9. The van der Waals surface area contributed by atoms with Gasteiger partial charge in [0.2, 0.25) is 12.2 Å². The number of nitrogens with zero attached hydrogens (tertiary/aromatic N) is 1. The van der Waals surface area contributed by atoms with Crippen molar-refractivity contribution in [2.24, 2.45) is 16.0 Å². The average molecular weight is 875 g/mol. The van der Waals surface area contributed by atoms with Crippen molar-refractivity contribution in [2.45, 2.75) is 130 Å². The zero-order chi connectivity index (χ0) is 45.3. The second-order valence-corrected chi connectivity index (χ2v) is 17.6. The topological polar surface area (TPSA) is 185 Å². The lowest BCUT2D eigenvalue weighted by atomic mass is 9.94. The minimum absolute atomic E-state index is 0.0430. The van der Waals surface area contributed by atoms with E-state index in [1.165, 1.54) is 13.8 Å². The van der Waals surface area contributed by atoms with E-state index in [-0.39, 0.29) is 32.1 Å². The zero-order valence-corrected chi connectivity index (χ0v) is 36.9. The van der Waals surface area contributed by atoms with Crippen molar-refractivity contribution < 1.29 is 66.6 Å². The van der Waals surface area contributed by atoms with Gasteiger partial charge in [-0.2, -0.15) is 0 Å². The fraction of sp³-hybridized carbons (Fsp3) is 0.511. The lowest BCUT2D eigenvalue weighted by Crippen LogP contribution is -2.68. The van der Waals surface area contributed by atoms with Crippen LogP contribution < -0.4 is 5.32 Å². The molecule has 1 amide bonds. The van der Waals surface area contributed by atoms with Crippen molar-refractivity contribution in [3.63, 3.8) is 0 Å². The van der Waals surface area contributed by atoms with E-state index in [0.29, 0.717) is 5.56 Å². The van der Waals surface area contributed by atoms with E-state index in [1.807, 2.05) is 91.0 Å². The number of hydrogen-bond acceptors (Lipinski definition) is 15. The highest BCUT2D eigenvalue weighted by atomic mass is 16.8. The quantitative estimate of drug-likeness (QED) is 0.118. The highest BCUT2D eigenvalue weighted by Gasteiger charge is 2.56. The van der Waals surface area contributed by atoms with Gasteiger partial charge in [-0.05, 0) is 52.7 Å². The standard InChI is InChI=1S/C47H58N2O14/c1-28(50)48-35-39(55-24-30-18-12-9-13-19-30)37(33(26-54-29(2)51)58-42(35)56-25-31-20-14-10-15-21-31)61-43-36(49-63-45(53)47(6,7)8)40(62-44(52)46(3,4)5)38-34(59-43)27-57-41(60-38)32-22-16-11-17-23-32/h9-23,33-35,37-43H,24-27H2,1-8H3,(H,48,50)/b49-36-/t33-,34-,35-,37-,38-,39-,40-,41-,42+,43+/m1/s1. The van der Waals surface area contributed by atoms with Crippen LogP contribution in [0.25, 0.3) is 0 Å². The van der Waals surface area contributed by atoms with E-state index < -0.39 is 96.2 Å². The molecule has 0 saturated carbocycles. The number of amides is 1. The third kappa shape index (κ3) is 12.8. The predicted molar refractivity (Wildman–Crippen MR) is 225 cm³/mol. The molecule has 0 aliphatic carbocycles. The number of carbonyl (C=O) groups excluding carboxylic acids is 4. The van der Waals surface area contributed by atoms with Crippen LogP contribution in [-0.4, -0.2) is 98.0 Å². The Bertz CT molecular complexity index is 2020. The van der Waals surface area contributed by atoms with Gasteiger partial charge in [-0.3, -0.25) is 14.4 Å². The van der Waals surface area contributed by atoms with Crippen LogP contribution >= 0.6 is 0 Å². The minimum atomic E-state index is -1.56. The Balaban J connectivity index is 1.44. The van der Waals surface area contributed by atoms with Crippen molar-refractivity contribution in [3.05, 3.63) is 108 Å². The summed E-state index contributed by atoms with van der Waals surface area (Å²) < 4.78 is 57.6. The van der Waals surface area contributed by atoms with Crippen LogP contribution in [0.1, 0.15) is 78.4 Å². The highest BCUT2D eigenvalue weighted by Crippen LogP contribution is 2.38. The molecule has 3 fully saturated rings. The maximum Gasteiger partial charge on any atom is 0.340 e. The summed E-state index contributed by atoms with van der Waals surface area (Å²) in [5, 5.41) is 7.26. The predicted octanol–water partition coefficient (Wildman–Crippen LogP) is 5.71. The van der Waals surface area contributed by atoms with E-state index in [2.05, 4.69) is 10.5 Å². The van der Waals surface area contributed by atoms with Gasteiger partial charge >= 0.3 is 17.9 Å². The van der Waals surface area contributed by atoms with Crippen LogP contribution in [0.3, 0.4) is 0 Å². The number of rotatable bonds is 14. The van der Waals surface area contributed by atoms with E-state index in [4.69, 9.17) is 47.5 Å². The van der Waals surface area contributed by atoms with Gasteiger partial charge in [-0.1, -0.05) is 96.2 Å². The number of oxime groups is 1. The fourth-order valence-electron chi connectivity index (χ4n) is 6.89. The summed E-state index contributed by atoms with van der Waals surface area (Å²) in [4.78, 5) is 58.0. The number of ether oxygens (including phenoxy) is 9. The normalized spacial score (nSPS) is 28.0. The van der Waals surface area contributed by atoms with Crippen LogP contribution in [0.2, 0.25) is 0 Å². The molecule has 6 rings (SSSR count). The molecule has 0 bridgehead atoms. The first-order valence-corrected chi connectivity index (χ1v) is 21.0. The average Bonchev–Trinajstić information content (AvgIpc) is 3.25. The summed E-state index contributed by atoms with van der Waals surface area (Å²) in [5.74, 6) is -2.34. The Morgan fingerprint density at radius 2 is 1.32 bits per heavy atom. The molecule has 340 valence electrons. The fourth-order valence-corrected chi connectivity index (χ4v) is 6.89. The van der Waals surface area contributed by atoms with Crippen molar-refractivity contribution >= 4 is 29.5 Å². The molecule has 0 aromatic heterocycles. The van der Waals surface area contributed by atoms with Crippen molar-refractivity contribution in [2.75, 3.05) is 13.2 Å². The van der Waals surface area contributed by atoms with Gasteiger partial charge in [0.1, 0.15) is 43.2 Å². The Hall–Kier alpha value is -5.07. The van der Waals surface area contributed by atoms with Crippen LogP contribution in [0.15, 0.2) is 96.2 Å². The molecule has 3 saturated heterocycles. The van der Waals surface area contributed by atoms with Gasteiger partial charge < -0.3 is 52.8 Å². The second kappa shape index (κ2) is 21.1. The van der Waals surface area contributed by atoms with Crippen LogP contribution in [-0.2, 0) is 79.9 Å². The van der Waals surface area contributed by atoms with Crippen molar-refractivity contribution in [1.82, 2.24) is 5.32 Å². The monoisotopic (exact) mass is 874 g/mol. The summed E-state index contributed by atoms with van der Waals surface area (Å²) in [6.07, 6.45) is -10.4. The molecule has 0 unspecified atom stereocenters. The maximum absolute atomic E-state index is 13.8. The number of esters is 2. The third-order valence-electron chi connectivity index (χ3n) is 10.2. The molecule has 3 aliphatic heterocycles. The van der Waals surface area contributed by atoms with E-state index in [0.717, 1.165) is 11.1 Å². The molecular formula is C47H58N2O14. The number of benzene rings is 3. The summed E-state index contributed by atoms with van der Waals surface area (Å²) >= 11 is 0. The van der Waals surface area contributed by atoms with E-state index >= 15 is 0 Å². The molecule has 0 spiro atoms. The molecule has 0 radical (unpaired) electrons. The first-order valence-electron chi connectivity index (χ1n) is 21.0. The molecule has 3 heterocycles. The van der Waals surface area contributed by atoms with Gasteiger partial charge in [0, 0.05) is 19.4 Å². The third-order valence-corrected chi connectivity index (χ3v) is 10.2. The van der Waals surface area contributed by atoms with Gasteiger partial charge in [-0.15, -0.1) is 0 Å². The molecule has 63 heavy (non-hydrogen) atoms. The van der Waals surface area contributed by atoms with Gasteiger partial charge in [0.25, 0.3) is 0 Å². The Morgan fingerprint density at radius 1 is 0.730 bits per heavy atom. The lowest BCUT2D eigenvalue weighted by molar-refractivity contribution is -0.337. The lowest BCUT2D eigenvalue weighted by Gasteiger charge is -2.49. The minimum Gasteiger partial charge on any atom is -0.463 e. The summed E-state index contributed by atoms with van der Waals surface area (Å²) in [7, 11) is 0. The largest absolute Gasteiger partial charge is 0.463 e. The smallest absolute Gasteiger partial charge is 0.340 e. The van der Waals surface area contributed by atoms with Gasteiger partial charge in [-0.25, -0.2) is 4.79 Å². The Kier molecular flexibility index (Phi) is 15.9. The molecule has 3 aromatic carbocycles. The molecule has 10 atom stereocenters. The van der Waals surface area contributed by atoms with E-state index in [9.17, 15) is 19.2 Å². The molecule has 3 aliphatic rings. The maximum atomic E-state index is 13.8. The molecule has 1 N–H and O–H groups in total. The Labute approximate surface area is 367 Å².